The third-order valence-electron chi connectivity index (χ3n) is 4.10. The van der Waals surface area contributed by atoms with Crippen LogP contribution in [-0.4, -0.2) is 54.9 Å². The van der Waals surface area contributed by atoms with Crippen LogP contribution in [0.1, 0.15) is 17.3 Å². The van der Waals surface area contributed by atoms with E-state index in [1.165, 1.54) is 0 Å². The highest BCUT2D eigenvalue weighted by atomic mass is 32.2. The third kappa shape index (κ3) is 3.46. The summed E-state index contributed by atoms with van der Waals surface area (Å²) in [5.41, 5.74) is -0.854. The molecule has 0 spiro atoms. The standard InChI is InChI=1S/C14H16N2O8S/c1-8-6-15(7-11(8)13(17)18)25(22,23)12-5-9(16(20)21)3-4-10(12)14(19)24-2/h3-5,8,11H,6-7H2,1-2H3,(H,17,18)/t8-,11-/m1/s1. The molecule has 25 heavy (non-hydrogen) atoms. The van der Waals surface area contributed by atoms with Crippen molar-refractivity contribution in [3.05, 3.63) is 33.9 Å². The van der Waals surface area contributed by atoms with Gasteiger partial charge >= 0.3 is 11.9 Å². The fraction of sp³-hybridized carbons (Fsp3) is 0.429. The van der Waals surface area contributed by atoms with E-state index in [0.717, 1.165) is 29.6 Å². The molecule has 1 aromatic rings. The van der Waals surface area contributed by atoms with Gasteiger partial charge in [-0.2, -0.15) is 4.31 Å². The quantitative estimate of drug-likeness (QED) is 0.452. The van der Waals surface area contributed by atoms with Gasteiger partial charge in [0.2, 0.25) is 10.0 Å². The summed E-state index contributed by atoms with van der Waals surface area (Å²) in [6, 6.07) is 2.78. The van der Waals surface area contributed by atoms with Crippen molar-refractivity contribution in [1.29, 1.82) is 0 Å². The highest BCUT2D eigenvalue weighted by molar-refractivity contribution is 7.89. The molecule has 0 amide bonds. The maximum Gasteiger partial charge on any atom is 0.339 e. The van der Waals surface area contributed by atoms with Crippen LogP contribution in [0.2, 0.25) is 0 Å². The number of hydrogen-bond acceptors (Lipinski definition) is 7. The van der Waals surface area contributed by atoms with E-state index in [0.29, 0.717) is 0 Å². The number of rotatable bonds is 5. The fourth-order valence-electron chi connectivity index (χ4n) is 2.70. The zero-order valence-electron chi connectivity index (χ0n) is 13.4. The smallest absolute Gasteiger partial charge is 0.339 e. The number of methoxy groups -OCH3 is 1. The highest BCUT2D eigenvalue weighted by Gasteiger charge is 2.42. The predicted molar refractivity (Wildman–Crippen MR) is 83.5 cm³/mol. The number of carboxylic acid groups (broad SMARTS) is 1. The Balaban J connectivity index is 2.54. The Bertz CT molecular complexity index is 835. The molecule has 0 saturated carbocycles. The SMILES string of the molecule is COC(=O)c1ccc([N+](=O)[O-])cc1S(=O)(=O)N1C[C@@H](C)[C@H](C(=O)O)C1. The van der Waals surface area contributed by atoms with Gasteiger partial charge in [-0.3, -0.25) is 14.9 Å². The lowest BCUT2D eigenvalue weighted by atomic mass is 9.99. The second-order valence-electron chi connectivity index (χ2n) is 5.67. The van der Waals surface area contributed by atoms with Crippen LogP contribution < -0.4 is 0 Å². The molecule has 1 aromatic carbocycles. The van der Waals surface area contributed by atoms with Crippen molar-refractivity contribution in [3.63, 3.8) is 0 Å². The number of hydrogen-bond donors (Lipinski definition) is 1. The van der Waals surface area contributed by atoms with Gasteiger partial charge in [0.15, 0.2) is 0 Å². The molecule has 1 aliphatic rings. The van der Waals surface area contributed by atoms with Crippen molar-refractivity contribution in [2.24, 2.45) is 11.8 Å². The van der Waals surface area contributed by atoms with Crippen LogP contribution in [0.15, 0.2) is 23.1 Å². The average Bonchev–Trinajstić information content (AvgIpc) is 2.96. The predicted octanol–water partition coefficient (Wildman–Crippen LogP) is 0.723. The highest BCUT2D eigenvalue weighted by Crippen LogP contribution is 2.32. The second kappa shape index (κ2) is 6.76. The molecule has 11 heteroatoms. The van der Waals surface area contributed by atoms with Gasteiger partial charge in [-0.25, -0.2) is 13.2 Å². The summed E-state index contributed by atoms with van der Waals surface area (Å²) in [6.45, 7) is 1.26. The number of ether oxygens (including phenoxy) is 1. The van der Waals surface area contributed by atoms with Gasteiger partial charge in [0.1, 0.15) is 4.90 Å². The molecule has 10 nitrogen and oxygen atoms in total. The first-order chi connectivity index (χ1) is 11.6. The molecule has 1 heterocycles. The minimum absolute atomic E-state index is 0.0669. The summed E-state index contributed by atoms with van der Waals surface area (Å²) in [4.78, 5) is 32.6. The van der Waals surface area contributed by atoms with Crippen molar-refractivity contribution < 1.29 is 32.8 Å². The molecule has 1 N–H and O–H groups in total. The van der Waals surface area contributed by atoms with Crippen LogP contribution in [0.5, 0.6) is 0 Å². The third-order valence-corrected chi connectivity index (χ3v) is 5.97. The van der Waals surface area contributed by atoms with Crippen LogP contribution in [0.4, 0.5) is 5.69 Å². The first kappa shape index (κ1) is 18.8. The number of carbonyl (C=O) groups is 2. The molecule has 136 valence electrons. The van der Waals surface area contributed by atoms with E-state index in [1.807, 2.05) is 0 Å². The maximum absolute atomic E-state index is 12.9. The van der Waals surface area contributed by atoms with Gasteiger partial charge in [0, 0.05) is 25.2 Å². The number of nitro benzene ring substituents is 1. The van der Waals surface area contributed by atoms with E-state index in [-0.39, 0.29) is 18.7 Å². The molecule has 0 aliphatic carbocycles. The summed E-state index contributed by atoms with van der Waals surface area (Å²) < 4.78 is 31.2. The van der Waals surface area contributed by atoms with Gasteiger partial charge in [0.25, 0.3) is 5.69 Å². The van der Waals surface area contributed by atoms with Crippen molar-refractivity contribution >= 4 is 27.6 Å². The second-order valence-corrected chi connectivity index (χ2v) is 7.58. The fourth-order valence-corrected chi connectivity index (χ4v) is 4.46. The molecule has 1 fully saturated rings. The summed E-state index contributed by atoms with van der Waals surface area (Å²) in [6.07, 6.45) is 0. The Morgan fingerprint density at radius 2 is 2.00 bits per heavy atom. The zero-order chi connectivity index (χ0) is 18.9. The summed E-state index contributed by atoms with van der Waals surface area (Å²) in [5, 5.41) is 20.1. The van der Waals surface area contributed by atoms with Crippen molar-refractivity contribution in [2.45, 2.75) is 11.8 Å². The Morgan fingerprint density at radius 3 is 2.48 bits per heavy atom. The molecule has 2 rings (SSSR count). The minimum atomic E-state index is -4.32. The van der Waals surface area contributed by atoms with Crippen molar-refractivity contribution in [2.75, 3.05) is 20.2 Å². The Morgan fingerprint density at radius 1 is 1.36 bits per heavy atom. The van der Waals surface area contributed by atoms with Gasteiger partial charge in [-0.1, -0.05) is 6.92 Å². The minimum Gasteiger partial charge on any atom is -0.481 e. The topological polar surface area (TPSA) is 144 Å². The molecule has 2 atom stereocenters. The number of sulfonamides is 1. The lowest BCUT2D eigenvalue weighted by Gasteiger charge is -2.17. The Kier molecular flexibility index (Phi) is 5.09. The lowest BCUT2D eigenvalue weighted by molar-refractivity contribution is -0.385. The van der Waals surface area contributed by atoms with E-state index in [1.54, 1.807) is 6.92 Å². The van der Waals surface area contributed by atoms with Crippen molar-refractivity contribution in [3.8, 4) is 0 Å². The molecule has 0 aromatic heterocycles. The Labute approximate surface area is 143 Å². The normalized spacial score (nSPS) is 21.0. The van der Waals surface area contributed by atoms with Gasteiger partial charge < -0.3 is 9.84 Å². The number of aliphatic carboxylic acids is 1. The molecule has 0 unspecified atom stereocenters. The zero-order valence-corrected chi connectivity index (χ0v) is 14.2. The van der Waals surface area contributed by atoms with Gasteiger partial charge in [0.05, 0.1) is 23.5 Å². The molecule has 1 aliphatic heterocycles. The van der Waals surface area contributed by atoms with Crippen LogP contribution in [0, 0.1) is 22.0 Å². The van der Waals surface area contributed by atoms with Gasteiger partial charge in [-0.15, -0.1) is 0 Å². The maximum atomic E-state index is 12.9. The van der Waals surface area contributed by atoms with E-state index in [2.05, 4.69) is 4.74 Å². The molecule has 0 bridgehead atoms. The van der Waals surface area contributed by atoms with E-state index in [4.69, 9.17) is 5.11 Å². The number of nitrogens with zero attached hydrogens (tertiary/aromatic N) is 2. The first-order valence-electron chi connectivity index (χ1n) is 7.19. The Hall–Kier alpha value is -2.53. The van der Waals surface area contributed by atoms with E-state index in [9.17, 15) is 28.1 Å². The first-order valence-corrected chi connectivity index (χ1v) is 8.63. The summed E-state index contributed by atoms with van der Waals surface area (Å²) in [7, 11) is -3.26. The van der Waals surface area contributed by atoms with Crippen LogP contribution >= 0.6 is 0 Å². The van der Waals surface area contributed by atoms with Gasteiger partial charge in [-0.05, 0) is 12.0 Å². The number of benzene rings is 1. The van der Waals surface area contributed by atoms with Crippen LogP contribution in [-0.2, 0) is 19.6 Å². The monoisotopic (exact) mass is 372 g/mol. The lowest BCUT2D eigenvalue weighted by Crippen LogP contribution is -2.31. The molecule has 0 radical (unpaired) electrons. The van der Waals surface area contributed by atoms with Crippen molar-refractivity contribution in [1.82, 2.24) is 4.31 Å². The van der Waals surface area contributed by atoms with E-state index < -0.39 is 49.3 Å². The number of carboxylic acids is 1. The number of nitro groups is 1. The molecular weight excluding hydrogens is 356 g/mol. The number of non-ortho nitro benzene ring substituents is 1. The van der Waals surface area contributed by atoms with E-state index >= 15 is 0 Å². The number of carbonyl (C=O) groups excluding carboxylic acids is 1. The molecule has 1 saturated heterocycles. The van der Waals surface area contributed by atoms with Crippen LogP contribution in [0.3, 0.4) is 0 Å². The number of esters is 1. The largest absolute Gasteiger partial charge is 0.481 e. The summed E-state index contributed by atoms with van der Waals surface area (Å²) in [5.74, 6) is -3.42. The van der Waals surface area contributed by atoms with Crippen LogP contribution in [0.25, 0.3) is 0 Å². The molecular formula is C14H16N2O8S. The average molecular weight is 372 g/mol. The summed E-state index contributed by atoms with van der Waals surface area (Å²) >= 11 is 0.